The van der Waals surface area contributed by atoms with Crippen molar-refractivity contribution in [2.24, 2.45) is 0 Å². The largest absolute Gasteiger partial charge is 0.508 e. The van der Waals surface area contributed by atoms with Crippen LogP contribution in [0, 0.1) is 23.7 Å². The first-order valence-electron chi connectivity index (χ1n) is 9.56. The molecule has 6 N–H and O–H groups in total. The SMILES string of the molecule is OC[C@H]1O[C@H](C#Cc2cc(C#Cc3cccc(O)c3)cc3cn[nH]c23)[C@@H](O)[C@@H](O)[C@@H]1O. The number of benzene rings is 2. The van der Waals surface area contributed by atoms with Crippen molar-refractivity contribution in [3.63, 3.8) is 0 Å². The molecule has 4 rings (SSSR count). The average molecular weight is 420 g/mol. The van der Waals surface area contributed by atoms with Crippen LogP contribution >= 0.6 is 0 Å². The summed E-state index contributed by atoms with van der Waals surface area (Å²) in [4.78, 5) is 0. The van der Waals surface area contributed by atoms with Crippen LogP contribution in [0.25, 0.3) is 10.9 Å². The summed E-state index contributed by atoms with van der Waals surface area (Å²) in [6.45, 7) is -0.520. The standard InChI is InChI=1S/C23H20N2O6/c26-12-19-22(29)23(30)21(28)18(31-19)7-6-15-8-14(9-16-11-24-25-20(15)16)5-4-13-2-1-3-17(27)10-13/h1-3,8-11,18-19,21-23,26-30H,12H2,(H,24,25)/t18-,19-,21-,22-,23-/m1/s1. The van der Waals surface area contributed by atoms with E-state index >= 15 is 0 Å². The number of H-pyrrole nitrogens is 1. The van der Waals surface area contributed by atoms with Crippen LogP contribution in [-0.4, -0.2) is 72.9 Å². The summed E-state index contributed by atoms with van der Waals surface area (Å²) in [5, 5.41) is 56.6. The first-order chi connectivity index (χ1) is 15.0. The summed E-state index contributed by atoms with van der Waals surface area (Å²) < 4.78 is 5.43. The lowest BCUT2D eigenvalue weighted by molar-refractivity contribution is -0.214. The van der Waals surface area contributed by atoms with E-state index in [1.807, 2.05) is 6.07 Å². The summed E-state index contributed by atoms with van der Waals surface area (Å²) in [6, 6.07) is 10.2. The van der Waals surface area contributed by atoms with Crippen LogP contribution in [0.3, 0.4) is 0 Å². The van der Waals surface area contributed by atoms with Crippen molar-refractivity contribution in [2.45, 2.75) is 30.5 Å². The fourth-order valence-electron chi connectivity index (χ4n) is 3.33. The summed E-state index contributed by atoms with van der Waals surface area (Å²) >= 11 is 0. The lowest BCUT2D eigenvalue weighted by atomic mass is 9.95. The van der Waals surface area contributed by atoms with Crippen molar-refractivity contribution in [3.8, 4) is 29.4 Å². The molecule has 0 spiro atoms. The maximum Gasteiger partial charge on any atom is 0.147 e. The number of aromatic amines is 1. The topological polar surface area (TPSA) is 139 Å². The minimum absolute atomic E-state index is 0.128. The number of aliphatic hydroxyl groups excluding tert-OH is 4. The number of ether oxygens (including phenoxy) is 1. The lowest BCUT2D eigenvalue weighted by Gasteiger charge is -2.37. The monoisotopic (exact) mass is 420 g/mol. The van der Waals surface area contributed by atoms with Crippen LogP contribution < -0.4 is 0 Å². The minimum Gasteiger partial charge on any atom is -0.508 e. The van der Waals surface area contributed by atoms with E-state index in [2.05, 4.69) is 33.9 Å². The molecule has 1 fully saturated rings. The fourth-order valence-corrected chi connectivity index (χ4v) is 3.33. The zero-order valence-electron chi connectivity index (χ0n) is 16.2. The Balaban J connectivity index is 1.67. The van der Waals surface area contributed by atoms with Gasteiger partial charge < -0.3 is 30.3 Å². The molecule has 0 unspecified atom stereocenters. The van der Waals surface area contributed by atoms with E-state index in [-0.39, 0.29) is 5.75 Å². The number of aliphatic hydroxyl groups is 4. The third-order valence-corrected chi connectivity index (χ3v) is 4.99. The highest BCUT2D eigenvalue weighted by Gasteiger charge is 2.42. The Morgan fingerprint density at radius 2 is 1.77 bits per heavy atom. The molecule has 0 amide bonds. The molecule has 0 radical (unpaired) electrons. The van der Waals surface area contributed by atoms with E-state index in [4.69, 9.17) is 4.74 Å². The molecule has 158 valence electrons. The van der Waals surface area contributed by atoms with E-state index in [1.165, 1.54) is 0 Å². The highest BCUT2D eigenvalue weighted by molar-refractivity contribution is 5.85. The molecule has 8 nitrogen and oxygen atoms in total. The maximum absolute atomic E-state index is 10.2. The van der Waals surface area contributed by atoms with Gasteiger partial charge >= 0.3 is 0 Å². The van der Waals surface area contributed by atoms with Gasteiger partial charge in [-0.15, -0.1) is 0 Å². The molecule has 1 aliphatic rings. The van der Waals surface area contributed by atoms with Gasteiger partial charge in [0, 0.05) is 16.5 Å². The Kier molecular flexibility index (Phi) is 5.92. The van der Waals surface area contributed by atoms with Crippen LogP contribution in [-0.2, 0) is 4.74 Å². The predicted octanol–water partition coefficient (Wildman–Crippen LogP) is -0.138. The van der Waals surface area contributed by atoms with Gasteiger partial charge in [-0.2, -0.15) is 5.10 Å². The summed E-state index contributed by atoms with van der Waals surface area (Å²) in [5.41, 5.74) is 2.53. The number of nitrogens with zero attached hydrogens (tertiary/aromatic N) is 1. The van der Waals surface area contributed by atoms with Crippen molar-refractivity contribution < 1.29 is 30.3 Å². The van der Waals surface area contributed by atoms with Gasteiger partial charge in [0.1, 0.15) is 36.3 Å². The van der Waals surface area contributed by atoms with Crippen LogP contribution in [0.15, 0.2) is 42.6 Å². The molecule has 0 saturated carbocycles. The molecule has 0 bridgehead atoms. The van der Waals surface area contributed by atoms with E-state index in [0.29, 0.717) is 22.2 Å². The third kappa shape index (κ3) is 4.39. The van der Waals surface area contributed by atoms with Crippen molar-refractivity contribution in [1.29, 1.82) is 0 Å². The number of fused-ring (bicyclic) bond motifs is 1. The summed E-state index contributed by atoms with van der Waals surface area (Å²) in [6.07, 6.45) is -4.85. The molecule has 0 aliphatic carbocycles. The third-order valence-electron chi connectivity index (χ3n) is 4.99. The quantitative estimate of drug-likeness (QED) is 0.301. The molecule has 5 atom stereocenters. The van der Waals surface area contributed by atoms with Gasteiger partial charge in [-0.3, -0.25) is 5.10 Å². The van der Waals surface area contributed by atoms with Gasteiger partial charge in [-0.1, -0.05) is 29.7 Å². The van der Waals surface area contributed by atoms with Gasteiger partial charge in [-0.25, -0.2) is 0 Å². The number of aromatic nitrogens is 2. The first-order valence-corrected chi connectivity index (χ1v) is 9.56. The molecule has 2 heterocycles. The summed E-state index contributed by atoms with van der Waals surface area (Å²) in [5.74, 6) is 11.8. The Morgan fingerprint density at radius 1 is 0.968 bits per heavy atom. The summed E-state index contributed by atoms with van der Waals surface area (Å²) in [7, 11) is 0. The second-order valence-corrected chi connectivity index (χ2v) is 7.18. The predicted molar refractivity (Wildman–Crippen MR) is 111 cm³/mol. The molecule has 1 aliphatic heterocycles. The van der Waals surface area contributed by atoms with E-state index in [1.54, 1.807) is 36.5 Å². The van der Waals surface area contributed by atoms with Gasteiger partial charge in [0.15, 0.2) is 0 Å². The van der Waals surface area contributed by atoms with Crippen molar-refractivity contribution in [3.05, 3.63) is 59.3 Å². The van der Waals surface area contributed by atoms with Crippen LogP contribution in [0.5, 0.6) is 5.75 Å². The lowest BCUT2D eigenvalue weighted by Crippen LogP contribution is -2.58. The van der Waals surface area contributed by atoms with Crippen molar-refractivity contribution in [2.75, 3.05) is 6.61 Å². The zero-order valence-corrected chi connectivity index (χ0v) is 16.2. The smallest absolute Gasteiger partial charge is 0.147 e. The number of phenols is 1. The van der Waals surface area contributed by atoms with Gasteiger partial charge in [0.05, 0.1) is 23.9 Å². The Bertz CT molecular complexity index is 1210. The second-order valence-electron chi connectivity index (χ2n) is 7.18. The van der Waals surface area contributed by atoms with E-state index in [9.17, 15) is 25.5 Å². The zero-order chi connectivity index (χ0) is 22.0. The van der Waals surface area contributed by atoms with Crippen LogP contribution in [0.1, 0.15) is 16.7 Å². The molecule has 1 saturated heterocycles. The van der Waals surface area contributed by atoms with Crippen molar-refractivity contribution >= 4 is 10.9 Å². The number of aromatic hydroxyl groups is 1. The van der Waals surface area contributed by atoms with Gasteiger partial charge in [-0.05, 0) is 30.3 Å². The van der Waals surface area contributed by atoms with Crippen LogP contribution in [0.4, 0.5) is 0 Å². The number of nitrogens with one attached hydrogen (secondary N) is 1. The Morgan fingerprint density at radius 3 is 2.55 bits per heavy atom. The maximum atomic E-state index is 10.2. The average Bonchev–Trinajstić information content (AvgIpc) is 3.24. The second kappa shape index (κ2) is 8.78. The Hall–Kier alpha value is -3.37. The number of hydrogen-bond acceptors (Lipinski definition) is 7. The highest BCUT2D eigenvalue weighted by Crippen LogP contribution is 2.22. The molecule has 2 aromatic carbocycles. The molecule has 1 aromatic heterocycles. The fraction of sp³-hybridized carbons (Fsp3) is 0.261. The number of phenolic OH excluding ortho intramolecular Hbond substituents is 1. The number of rotatable bonds is 1. The van der Waals surface area contributed by atoms with E-state index in [0.717, 1.165) is 5.39 Å². The molecule has 8 heteroatoms. The minimum atomic E-state index is -1.49. The number of hydrogen-bond donors (Lipinski definition) is 6. The highest BCUT2D eigenvalue weighted by atomic mass is 16.5. The molecular formula is C23H20N2O6. The Labute approximate surface area is 177 Å². The molecular weight excluding hydrogens is 400 g/mol. The van der Waals surface area contributed by atoms with Gasteiger partial charge in [0.2, 0.25) is 0 Å². The normalized spacial score (nSPS) is 25.4. The molecule has 3 aromatic rings. The van der Waals surface area contributed by atoms with E-state index < -0.39 is 37.1 Å². The first kappa shape index (κ1) is 20.9. The van der Waals surface area contributed by atoms with Gasteiger partial charge in [0.25, 0.3) is 0 Å². The molecule has 31 heavy (non-hydrogen) atoms. The van der Waals surface area contributed by atoms with Crippen molar-refractivity contribution in [1.82, 2.24) is 10.2 Å². The van der Waals surface area contributed by atoms with Crippen LogP contribution in [0.2, 0.25) is 0 Å².